The van der Waals surface area contributed by atoms with E-state index in [-0.39, 0.29) is 5.91 Å². The van der Waals surface area contributed by atoms with Crippen LogP contribution in [0.4, 0.5) is 5.69 Å². The summed E-state index contributed by atoms with van der Waals surface area (Å²) in [7, 11) is 0. The number of benzene rings is 2. The quantitative estimate of drug-likeness (QED) is 0.741. The van der Waals surface area contributed by atoms with Crippen LogP contribution in [0.25, 0.3) is 6.08 Å². The molecule has 1 aliphatic rings. The number of nitrogens with one attached hydrogen (secondary N) is 1. The molecule has 1 N–H and O–H groups in total. The molecule has 0 radical (unpaired) electrons. The number of nitrogens with zero attached hydrogens (tertiary/aromatic N) is 1. The van der Waals surface area contributed by atoms with Gasteiger partial charge in [-0.25, -0.2) is 4.99 Å². The molecule has 116 valence electrons. The topological polar surface area (TPSA) is 41.5 Å². The standard InChI is InChI=1S/C18H15BrN2OS/c1-11-6-7-15(8-12(11)2)20-18-21-17(22)16(23-18)10-13-4-3-5-14(19)9-13/h3-10H,1-2H3,(H,20,21,22)/b16-10-. The van der Waals surface area contributed by atoms with E-state index in [4.69, 9.17) is 0 Å². The van der Waals surface area contributed by atoms with E-state index in [0.717, 1.165) is 15.7 Å². The molecule has 3 rings (SSSR count). The van der Waals surface area contributed by atoms with Crippen LogP contribution < -0.4 is 5.32 Å². The summed E-state index contributed by atoms with van der Waals surface area (Å²) in [6.07, 6.45) is 1.87. The van der Waals surface area contributed by atoms with Crippen LogP contribution in [0.3, 0.4) is 0 Å². The first kappa shape index (κ1) is 16.0. The van der Waals surface area contributed by atoms with E-state index in [2.05, 4.69) is 40.1 Å². The Morgan fingerprint density at radius 1 is 1.13 bits per heavy atom. The summed E-state index contributed by atoms with van der Waals surface area (Å²) in [6, 6.07) is 13.8. The first-order valence-electron chi connectivity index (χ1n) is 7.14. The van der Waals surface area contributed by atoms with E-state index in [0.29, 0.717) is 10.1 Å². The number of carbonyl (C=O) groups is 1. The monoisotopic (exact) mass is 386 g/mol. The molecule has 0 bridgehead atoms. The minimum Gasteiger partial charge on any atom is -0.300 e. The zero-order valence-electron chi connectivity index (χ0n) is 12.8. The van der Waals surface area contributed by atoms with Crippen molar-refractivity contribution in [2.45, 2.75) is 13.8 Å². The second kappa shape index (κ2) is 6.72. The van der Waals surface area contributed by atoms with Gasteiger partial charge in [0.05, 0.1) is 10.6 Å². The lowest BCUT2D eigenvalue weighted by atomic mass is 10.1. The normalized spacial score (nSPS) is 17.8. The molecule has 2 aromatic carbocycles. The molecular weight excluding hydrogens is 372 g/mol. The van der Waals surface area contributed by atoms with Gasteiger partial charge < -0.3 is 5.32 Å². The molecule has 1 aliphatic heterocycles. The van der Waals surface area contributed by atoms with Crippen LogP contribution in [-0.4, -0.2) is 11.1 Å². The number of amides is 1. The molecule has 3 nitrogen and oxygen atoms in total. The number of aliphatic imine (C=N–C) groups is 1. The van der Waals surface area contributed by atoms with E-state index in [1.807, 2.05) is 48.5 Å². The van der Waals surface area contributed by atoms with Crippen molar-refractivity contribution in [2.24, 2.45) is 4.99 Å². The van der Waals surface area contributed by atoms with E-state index in [9.17, 15) is 4.79 Å². The van der Waals surface area contributed by atoms with Crippen molar-refractivity contribution < 1.29 is 4.79 Å². The number of amidine groups is 1. The predicted molar refractivity (Wildman–Crippen MR) is 101 cm³/mol. The molecule has 0 spiro atoms. The Bertz CT molecular complexity index is 843. The third-order valence-corrected chi connectivity index (χ3v) is 4.92. The van der Waals surface area contributed by atoms with Gasteiger partial charge in [0.25, 0.3) is 5.91 Å². The minimum atomic E-state index is -0.113. The molecule has 1 saturated heterocycles. The third-order valence-electron chi connectivity index (χ3n) is 3.52. The molecule has 0 aliphatic carbocycles. The fraction of sp³-hybridized carbons (Fsp3) is 0.111. The van der Waals surface area contributed by atoms with Gasteiger partial charge in [0.15, 0.2) is 5.17 Å². The number of halogens is 1. The summed E-state index contributed by atoms with van der Waals surface area (Å²) in [4.78, 5) is 17.3. The fourth-order valence-corrected chi connectivity index (χ4v) is 3.40. The molecular formula is C18H15BrN2OS. The lowest BCUT2D eigenvalue weighted by Crippen LogP contribution is -2.19. The lowest BCUT2D eigenvalue weighted by Gasteiger charge is -2.01. The van der Waals surface area contributed by atoms with Gasteiger partial charge in [-0.15, -0.1) is 0 Å². The van der Waals surface area contributed by atoms with Crippen LogP contribution in [0.2, 0.25) is 0 Å². The number of carbonyl (C=O) groups excluding carboxylic acids is 1. The van der Waals surface area contributed by atoms with Gasteiger partial charge in [0, 0.05) is 4.47 Å². The maximum absolute atomic E-state index is 12.1. The van der Waals surface area contributed by atoms with Crippen LogP contribution in [0.15, 0.2) is 56.8 Å². The Morgan fingerprint density at radius 2 is 1.96 bits per heavy atom. The van der Waals surface area contributed by atoms with Crippen LogP contribution in [0.1, 0.15) is 16.7 Å². The van der Waals surface area contributed by atoms with Crippen LogP contribution in [0, 0.1) is 13.8 Å². The molecule has 23 heavy (non-hydrogen) atoms. The molecule has 2 aromatic rings. The number of hydrogen-bond acceptors (Lipinski definition) is 3. The second-order valence-corrected chi connectivity index (χ2v) is 7.25. The molecule has 0 unspecified atom stereocenters. The van der Waals surface area contributed by atoms with Crippen molar-refractivity contribution in [3.05, 3.63) is 68.5 Å². The smallest absolute Gasteiger partial charge is 0.264 e. The molecule has 1 amide bonds. The summed E-state index contributed by atoms with van der Waals surface area (Å²) in [5, 5.41) is 3.43. The average Bonchev–Trinajstić information content (AvgIpc) is 2.83. The first-order valence-corrected chi connectivity index (χ1v) is 8.74. The summed E-state index contributed by atoms with van der Waals surface area (Å²) in [5.74, 6) is -0.113. The Kier molecular flexibility index (Phi) is 4.68. The number of aryl methyl sites for hydroxylation is 2. The van der Waals surface area contributed by atoms with Crippen LogP contribution in [0.5, 0.6) is 0 Å². The average molecular weight is 387 g/mol. The van der Waals surface area contributed by atoms with E-state index < -0.39 is 0 Å². The van der Waals surface area contributed by atoms with Gasteiger partial charge in [-0.1, -0.05) is 34.1 Å². The third kappa shape index (κ3) is 3.92. The number of rotatable bonds is 2. The predicted octanol–water partition coefficient (Wildman–Crippen LogP) is 4.96. The first-order chi connectivity index (χ1) is 11.0. The zero-order valence-corrected chi connectivity index (χ0v) is 15.2. The Morgan fingerprint density at radius 3 is 2.70 bits per heavy atom. The van der Waals surface area contributed by atoms with Crippen molar-refractivity contribution in [3.8, 4) is 0 Å². The molecule has 1 fully saturated rings. The second-order valence-electron chi connectivity index (χ2n) is 5.31. The van der Waals surface area contributed by atoms with Gasteiger partial charge >= 0.3 is 0 Å². The van der Waals surface area contributed by atoms with Crippen molar-refractivity contribution in [3.63, 3.8) is 0 Å². The summed E-state index contributed by atoms with van der Waals surface area (Å²) in [6.45, 7) is 4.12. The van der Waals surface area contributed by atoms with Crippen LogP contribution >= 0.6 is 27.7 Å². The molecule has 0 saturated carbocycles. The molecule has 0 aromatic heterocycles. The maximum atomic E-state index is 12.1. The van der Waals surface area contributed by atoms with Gasteiger partial charge in [-0.3, -0.25) is 4.79 Å². The van der Waals surface area contributed by atoms with E-state index in [1.165, 1.54) is 22.9 Å². The highest BCUT2D eigenvalue weighted by Crippen LogP contribution is 2.29. The Balaban J connectivity index is 1.84. The van der Waals surface area contributed by atoms with Crippen molar-refractivity contribution in [2.75, 3.05) is 0 Å². The van der Waals surface area contributed by atoms with Gasteiger partial charge in [-0.05, 0) is 72.6 Å². The van der Waals surface area contributed by atoms with Gasteiger partial charge in [0.1, 0.15) is 0 Å². The summed E-state index contributed by atoms with van der Waals surface area (Å²) in [5.41, 5.74) is 4.24. The minimum absolute atomic E-state index is 0.113. The van der Waals surface area contributed by atoms with E-state index >= 15 is 0 Å². The number of hydrogen-bond donors (Lipinski definition) is 1. The maximum Gasteiger partial charge on any atom is 0.264 e. The Labute approximate surface area is 148 Å². The van der Waals surface area contributed by atoms with Crippen molar-refractivity contribution >= 4 is 50.5 Å². The Hall–Kier alpha value is -1.85. The highest BCUT2D eigenvalue weighted by atomic mass is 79.9. The number of thioether (sulfide) groups is 1. The fourth-order valence-electron chi connectivity index (χ4n) is 2.14. The van der Waals surface area contributed by atoms with Crippen molar-refractivity contribution in [1.82, 2.24) is 5.32 Å². The van der Waals surface area contributed by atoms with E-state index in [1.54, 1.807) is 0 Å². The highest BCUT2D eigenvalue weighted by Gasteiger charge is 2.23. The van der Waals surface area contributed by atoms with Gasteiger partial charge in [0.2, 0.25) is 0 Å². The zero-order chi connectivity index (χ0) is 16.4. The molecule has 1 heterocycles. The largest absolute Gasteiger partial charge is 0.300 e. The lowest BCUT2D eigenvalue weighted by molar-refractivity contribution is -0.115. The molecule has 0 atom stereocenters. The SMILES string of the molecule is Cc1ccc(N=C2NC(=O)/C(=C/c3cccc(Br)c3)S2)cc1C. The molecule has 5 heteroatoms. The van der Waals surface area contributed by atoms with Crippen LogP contribution in [-0.2, 0) is 4.79 Å². The van der Waals surface area contributed by atoms with Crippen molar-refractivity contribution in [1.29, 1.82) is 0 Å². The van der Waals surface area contributed by atoms with Gasteiger partial charge in [-0.2, -0.15) is 0 Å². The summed E-state index contributed by atoms with van der Waals surface area (Å²) >= 11 is 4.79. The summed E-state index contributed by atoms with van der Waals surface area (Å²) < 4.78 is 0.985. The highest BCUT2D eigenvalue weighted by molar-refractivity contribution is 9.10.